The third-order valence-electron chi connectivity index (χ3n) is 3.14. The van der Waals surface area contributed by atoms with E-state index in [1.165, 1.54) is 11.8 Å². The number of carbonyl (C=O) groups excluding carboxylic acids is 2. The molecule has 0 radical (unpaired) electrons. The average molecular weight is 261 g/mol. The van der Waals surface area contributed by atoms with Gasteiger partial charge in [0.15, 0.2) is 11.5 Å². The van der Waals surface area contributed by atoms with Crippen molar-refractivity contribution in [3.05, 3.63) is 47.2 Å². The van der Waals surface area contributed by atoms with Crippen molar-refractivity contribution in [2.24, 2.45) is 0 Å². The van der Waals surface area contributed by atoms with Gasteiger partial charge in [-0.15, -0.1) is 0 Å². The van der Waals surface area contributed by atoms with E-state index in [1.54, 1.807) is 24.3 Å². The number of nitrogens with zero attached hydrogens (tertiary/aromatic N) is 1. The molecule has 1 atom stereocenters. The van der Waals surface area contributed by atoms with E-state index >= 15 is 0 Å². The smallest absolute Gasteiger partial charge is 0.290 e. The molecule has 1 amide bonds. The molecule has 5 heteroatoms. The van der Waals surface area contributed by atoms with Gasteiger partial charge in [-0.1, -0.05) is 30.3 Å². The first-order chi connectivity index (χ1) is 9.07. The maximum absolute atomic E-state index is 11.9. The first-order valence-electron chi connectivity index (χ1n) is 5.98. The number of benzene rings is 1. The van der Waals surface area contributed by atoms with Crippen LogP contribution in [0.25, 0.3) is 0 Å². The fourth-order valence-electron chi connectivity index (χ4n) is 2.33. The lowest BCUT2D eigenvalue weighted by Crippen LogP contribution is -2.33. The van der Waals surface area contributed by atoms with Crippen molar-refractivity contribution in [2.45, 2.75) is 13.0 Å². The van der Waals surface area contributed by atoms with E-state index in [9.17, 15) is 14.7 Å². The molecule has 0 spiro atoms. The number of Topliss-reactive ketones (excluding diaryl/α,β-unsaturated/α-hetero) is 1. The summed E-state index contributed by atoms with van der Waals surface area (Å²) in [4.78, 5) is 24.9. The molecule has 0 aliphatic carbocycles. The van der Waals surface area contributed by atoms with Crippen LogP contribution in [0.4, 0.5) is 0 Å². The Hall–Kier alpha value is -2.14. The van der Waals surface area contributed by atoms with Gasteiger partial charge in [0.25, 0.3) is 5.91 Å². The molecule has 1 aliphatic rings. The second-order valence-corrected chi connectivity index (χ2v) is 4.35. The highest BCUT2D eigenvalue weighted by Gasteiger charge is 2.41. The van der Waals surface area contributed by atoms with Gasteiger partial charge in [0.05, 0.1) is 18.2 Å². The van der Waals surface area contributed by atoms with Crippen LogP contribution < -0.4 is 0 Å². The molecule has 1 aromatic carbocycles. The maximum Gasteiger partial charge on any atom is 0.290 e. The lowest BCUT2D eigenvalue weighted by molar-refractivity contribution is -0.129. The normalized spacial score (nSPS) is 19.2. The van der Waals surface area contributed by atoms with Crippen molar-refractivity contribution >= 4 is 11.7 Å². The van der Waals surface area contributed by atoms with E-state index < -0.39 is 17.7 Å². The van der Waals surface area contributed by atoms with Crippen molar-refractivity contribution in [1.82, 2.24) is 4.90 Å². The van der Waals surface area contributed by atoms with Crippen molar-refractivity contribution in [2.75, 3.05) is 13.2 Å². The van der Waals surface area contributed by atoms with Gasteiger partial charge in [-0.25, -0.2) is 0 Å². The minimum absolute atomic E-state index is 0.0687. The van der Waals surface area contributed by atoms with Gasteiger partial charge in [0.2, 0.25) is 0 Å². The Kier molecular flexibility index (Phi) is 3.66. The molecule has 0 unspecified atom stereocenters. The number of aliphatic hydroxyl groups excluding tert-OH is 2. The SMILES string of the molecule is CC(=O)C1=C(O)C(=O)N(CCO)[C@@H]1c1ccccc1. The van der Waals surface area contributed by atoms with Crippen molar-refractivity contribution in [3.8, 4) is 0 Å². The van der Waals surface area contributed by atoms with Gasteiger partial charge in [0, 0.05) is 6.54 Å². The number of rotatable bonds is 4. The number of β-amino-alcohol motifs (C(OH)–C–C–N with tert-alkyl or cyclic N) is 1. The zero-order valence-electron chi connectivity index (χ0n) is 10.5. The standard InChI is InChI=1S/C14H15NO4/c1-9(17)11-12(10-5-3-2-4-6-10)15(7-8-16)14(19)13(11)18/h2-6,12,16,18H,7-8H2,1H3/t12-/m1/s1. The molecular formula is C14H15NO4. The van der Waals surface area contributed by atoms with Crippen molar-refractivity contribution in [3.63, 3.8) is 0 Å². The Morgan fingerprint density at radius 3 is 2.47 bits per heavy atom. The highest BCUT2D eigenvalue weighted by Crippen LogP contribution is 2.37. The van der Waals surface area contributed by atoms with E-state index in [-0.39, 0.29) is 24.5 Å². The number of amides is 1. The lowest BCUT2D eigenvalue weighted by Gasteiger charge is -2.25. The van der Waals surface area contributed by atoms with Crippen LogP contribution in [0, 0.1) is 0 Å². The molecule has 0 saturated carbocycles. The second kappa shape index (κ2) is 5.24. The third kappa shape index (κ3) is 2.24. The van der Waals surface area contributed by atoms with Crippen LogP contribution in [0.3, 0.4) is 0 Å². The molecule has 5 nitrogen and oxygen atoms in total. The maximum atomic E-state index is 11.9. The minimum Gasteiger partial charge on any atom is -0.503 e. The topological polar surface area (TPSA) is 77.8 Å². The van der Waals surface area contributed by atoms with Crippen LogP contribution in [0.15, 0.2) is 41.7 Å². The van der Waals surface area contributed by atoms with Gasteiger partial charge >= 0.3 is 0 Å². The zero-order valence-corrected chi connectivity index (χ0v) is 10.5. The summed E-state index contributed by atoms with van der Waals surface area (Å²) in [5.41, 5.74) is 0.822. The molecule has 0 bridgehead atoms. The van der Waals surface area contributed by atoms with E-state index in [2.05, 4.69) is 0 Å². The molecule has 0 saturated heterocycles. The molecule has 100 valence electrons. The van der Waals surface area contributed by atoms with Gasteiger partial charge in [-0.3, -0.25) is 9.59 Å². The summed E-state index contributed by atoms with van der Waals surface area (Å²) < 4.78 is 0. The summed E-state index contributed by atoms with van der Waals surface area (Å²) in [6.45, 7) is 1.16. The molecule has 0 aromatic heterocycles. The first-order valence-corrected chi connectivity index (χ1v) is 5.98. The van der Waals surface area contributed by atoms with Crippen molar-refractivity contribution in [1.29, 1.82) is 0 Å². The molecule has 0 fully saturated rings. The molecule has 1 heterocycles. The van der Waals surface area contributed by atoms with Gasteiger partial charge in [-0.05, 0) is 12.5 Å². The predicted molar refractivity (Wildman–Crippen MR) is 68.3 cm³/mol. The average Bonchev–Trinajstić information content (AvgIpc) is 2.65. The van der Waals surface area contributed by atoms with Crippen LogP contribution in [0.2, 0.25) is 0 Å². The highest BCUT2D eigenvalue weighted by molar-refractivity contribution is 6.08. The van der Waals surface area contributed by atoms with E-state index in [0.717, 1.165) is 5.56 Å². The Labute approximate surface area is 110 Å². The summed E-state index contributed by atoms with van der Waals surface area (Å²) in [7, 11) is 0. The molecule has 1 aromatic rings. The second-order valence-electron chi connectivity index (χ2n) is 4.35. The fourth-order valence-corrected chi connectivity index (χ4v) is 2.33. The zero-order chi connectivity index (χ0) is 14.0. The fraction of sp³-hybridized carbons (Fsp3) is 0.286. The number of carbonyl (C=O) groups is 2. The predicted octanol–water partition coefficient (Wildman–Crippen LogP) is 0.963. The minimum atomic E-state index is -0.627. The summed E-state index contributed by atoms with van der Waals surface area (Å²) >= 11 is 0. The Balaban J connectivity index is 2.51. The summed E-state index contributed by atoms with van der Waals surface area (Å²) in [6.07, 6.45) is 0. The third-order valence-corrected chi connectivity index (χ3v) is 3.14. The molecule has 2 rings (SSSR count). The van der Waals surface area contributed by atoms with E-state index in [0.29, 0.717) is 0 Å². The van der Waals surface area contributed by atoms with Crippen LogP contribution >= 0.6 is 0 Å². The monoisotopic (exact) mass is 261 g/mol. The highest BCUT2D eigenvalue weighted by atomic mass is 16.3. The van der Waals surface area contributed by atoms with E-state index in [4.69, 9.17) is 5.11 Å². The van der Waals surface area contributed by atoms with Crippen molar-refractivity contribution < 1.29 is 19.8 Å². The Morgan fingerprint density at radius 2 is 1.95 bits per heavy atom. The lowest BCUT2D eigenvalue weighted by atomic mass is 9.97. The number of hydrogen-bond donors (Lipinski definition) is 2. The summed E-state index contributed by atoms with van der Waals surface area (Å²) in [5.74, 6) is -1.48. The van der Waals surface area contributed by atoms with Crippen LogP contribution in [-0.2, 0) is 9.59 Å². The largest absolute Gasteiger partial charge is 0.503 e. The Bertz CT molecular complexity index is 536. The van der Waals surface area contributed by atoms with Gasteiger partial charge in [-0.2, -0.15) is 0 Å². The first kappa shape index (κ1) is 13.3. The van der Waals surface area contributed by atoms with Crippen LogP contribution in [0.5, 0.6) is 0 Å². The Morgan fingerprint density at radius 1 is 1.32 bits per heavy atom. The molecule has 19 heavy (non-hydrogen) atoms. The quantitative estimate of drug-likeness (QED) is 0.846. The van der Waals surface area contributed by atoms with Gasteiger partial charge < -0.3 is 15.1 Å². The van der Waals surface area contributed by atoms with Crippen LogP contribution in [-0.4, -0.2) is 40.0 Å². The molecule has 1 aliphatic heterocycles. The molecule has 2 N–H and O–H groups in total. The van der Waals surface area contributed by atoms with Gasteiger partial charge in [0.1, 0.15) is 0 Å². The van der Waals surface area contributed by atoms with Crippen LogP contribution in [0.1, 0.15) is 18.5 Å². The number of hydrogen-bond acceptors (Lipinski definition) is 4. The van der Waals surface area contributed by atoms with E-state index in [1.807, 2.05) is 6.07 Å². The number of ketones is 1. The molecular weight excluding hydrogens is 246 g/mol. The summed E-state index contributed by atoms with van der Waals surface area (Å²) in [6, 6.07) is 8.36. The summed E-state index contributed by atoms with van der Waals surface area (Å²) in [5, 5.41) is 18.9. The number of aliphatic hydroxyl groups is 2.